The molecule has 1 fully saturated rings. The van der Waals surface area contributed by atoms with Crippen LogP contribution in [0.25, 0.3) is 0 Å². The first-order valence-corrected chi connectivity index (χ1v) is 7.27. The van der Waals surface area contributed by atoms with E-state index in [2.05, 4.69) is 10.6 Å². The highest BCUT2D eigenvalue weighted by Crippen LogP contribution is 2.12. The number of aliphatic hydroxyl groups excluding tert-OH is 1. The number of nitrogens with one attached hydrogen (secondary N) is 2. The van der Waals surface area contributed by atoms with Gasteiger partial charge in [0, 0.05) is 13.1 Å². The molecule has 0 aromatic heterocycles. The predicted molar refractivity (Wildman–Crippen MR) is 80.1 cm³/mol. The van der Waals surface area contributed by atoms with Crippen molar-refractivity contribution in [3.05, 3.63) is 0 Å². The lowest BCUT2D eigenvalue weighted by atomic mass is 10.2. The van der Waals surface area contributed by atoms with Crippen LogP contribution in [0.15, 0.2) is 0 Å². The normalized spacial score (nSPS) is 16.9. The minimum atomic E-state index is -0.798. The van der Waals surface area contributed by atoms with E-state index in [1.807, 2.05) is 0 Å². The van der Waals surface area contributed by atoms with E-state index in [1.54, 1.807) is 46.4 Å². The Balaban J connectivity index is 2.61. The Kier molecular flexibility index (Phi) is 5.64. The van der Waals surface area contributed by atoms with Crippen LogP contribution in [-0.2, 0) is 9.47 Å². The van der Waals surface area contributed by atoms with Gasteiger partial charge in [-0.05, 0) is 41.5 Å². The Hall–Kier alpha value is -1.54. The standard InChI is InChI=1S/C14H27N3O5/c1-13(2,3)21-11(19)15-10(17-7-9(18)8-17)16-12(20)22-14(4,5)6/h9-10,18H,7-8H2,1-6H3,(H,15,19)(H,16,20). The molecule has 3 N–H and O–H groups in total. The zero-order valence-corrected chi connectivity index (χ0v) is 14.1. The molecule has 0 aromatic carbocycles. The van der Waals surface area contributed by atoms with Crippen molar-refractivity contribution < 1.29 is 24.2 Å². The van der Waals surface area contributed by atoms with Gasteiger partial charge in [-0.1, -0.05) is 0 Å². The number of alkyl carbamates (subject to hydrolysis) is 2. The van der Waals surface area contributed by atoms with Crippen molar-refractivity contribution in [3.63, 3.8) is 0 Å². The monoisotopic (exact) mass is 317 g/mol. The molecule has 2 amide bonds. The van der Waals surface area contributed by atoms with Gasteiger partial charge in [0.05, 0.1) is 6.10 Å². The number of rotatable bonds is 3. The molecular weight excluding hydrogens is 290 g/mol. The second-order valence-corrected chi connectivity index (χ2v) is 7.30. The Morgan fingerprint density at radius 3 is 1.64 bits per heavy atom. The summed E-state index contributed by atoms with van der Waals surface area (Å²) in [4.78, 5) is 25.4. The lowest BCUT2D eigenvalue weighted by molar-refractivity contribution is -0.0478. The van der Waals surface area contributed by atoms with E-state index in [4.69, 9.17) is 9.47 Å². The second-order valence-electron chi connectivity index (χ2n) is 7.30. The number of nitrogens with zero attached hydrogens (tertiary/aromatic N) is 1. The van der Waals surface area contributed by atoms with Crippen molar-refractivity contribution in [1.29, 1.82) is 0 Å². The summed E-state index contributed by atoms with van der Waals surface area (Å²) >= 11 is 0. The first kappa shape index (κ1) is 18.5. The minimum Gasteiger partial charge on any atom is -0.444 e. The summed E-state index contributed by atoms with van der Waals surface area (Å²) in [6.45, 7) is 11.2. The molecule has 0 aliphatic carbocycles. The number of carbonyl (C=O) groups excluding carboxylic acids is 2. The van der Waals surface area contributed by atoms with E-state index in [0.29, 0.717) is 13.1 Å². The van der Waals surface area contributed by atoms with Crippen molar-refractivity contribution >= 4 is 12.2 Å². The van der Waals surface area contributed by atoms with Crippen molar-refractivity contribution in [1.82, 2.24) is 15.5 Å². The van der Waals surface area contributed by atoms with Crippen LogP contribution in [-0.4, -0.2) is 58.9 Å². The van der Waals surface area contributed by atoms with Crippen LogP contribution in [0.1, 0.15) is 41.5 Å². The third-order valence-electron chi connectivity index (χ3n) is 2.56. The first-order chi connectivity index (χ1) is 9.85. The zero-order chi connectivity index (χ0) is 17.1. The molecular formula is C14H27N3O5. The van der Waals surface area contributed by atoms with Gasteiger partial charge in [0.2, 0.25) is 0 Å². The molecule has 0 saturated carbocycles. The molecule has 128 valence electrons. The maximum Gasteiger partial charge on any atom is 0.410 e. The van der Waals surface area contributed by atoms with Gasteiger partial charge in [-0.15, -0.1) is 0 Å². The molecule has 22 heavy (non-hydrogen) atoms. The zero-order valence-electron chi connectivity index (χ0n) is 14.1. The maximum atomic E-state index is 11.8. The number of hydrogen-bond donors (Lipinski definition) is 3. The molecule has 0 unspecified atom stereocenters. The van der Waals surface area contributed by atoms with E-state index in [0.717, 1.165) is 0 Å². The van der Waals surface area contributed by atoms with E-state index in [-0.39, 0.29) is 0 Å². The van der Waals surface area contributed by atoms with E-state index >= 15 is 0 Å². The Morgan fingerprint density at radius 1 is 1.00 bits per heavy atom. The lowest BCUT2D eigenvalue weighted by Crippen LogP contribution is -2.67. The summed E-state index contributed by atoms with van der Waals surface area (Å²) in [6, 6.07) is 0. The molecule has 1 aliphatic heterocycles. The van der Waals surface area contributed by atoms with Crippen LogP contribution < -0.4 is 10.6 Å². The first-order valence-electron chi connectivity index (χ1n) is 7.27. The lowest BCUT2D eigenvalue weighted by Gasteiger charge is -2.41. The number of hydrogen-bond acceptors (Lipinski definition) is 6. The van der Waals surface area contributed by atoms with Gasteiger partial charge in [0.25, 0.3) is 0 Å². The summed E-state index contributed by atoms with van der Waals surface area (Å²) in [5.74, 6) is 0. The molecule has 1 aliphatic rings. The van der Waals surface area contributed by atoms with Gasteiger partial charge < -0.3 is 14.6 Å². The summed E-state index contributed by atoms with van der Waals surface area (Å²) in [6.07, 6.45) is -2.58. The second kappa shape index (κ2) is 6.70. The smallest absolute Gasteiger partial charge is 0.410 e. The number of ether oxygens (including phenoxy) is 2. The Labute approximate surface area is 131 Å². The molecule has 1 rings (SSSR count). The summed E-state index contributed by atoms with van der Waals surface area (Å²) in [5.41, 5.74) is -1.29. The van der Waals surface area contributed by atoms with Gasteiger partial charge in [0.15, 0.2) is 6.29 Å². The maximum absolute atomic E-state index is 11.8. The highest BCUT2D eigenvalue weighted by atomic mass is 16.6. The third-order valence-corrected chi connectivity index (χ3v) is 2.56. The van der Waals surface area contributed by atoms with Gasteiger partial charge in [-0.25, -0.2) is 9.59 Å². The molecule has 0 bridgehead atoms. The van der Waals surface area contributed by atoms with Crippen LogP contribution in [0.2, 0.25) is 0 Å². The van der Waals surface area contributed by atoms with E-state index in [1.165, 1.54) is 0 Å². The highest BCUT2D eigenvalue weighted by Gasteiger charge is 2.34. The van der Waals surface area contributed by atoms with Crippen molar-refractivity contribution in [2.75, 3.05) is 13.1 Å². The number of likely N-dealkylation sites (tertiary alicyclic amines) is 1. The fraction of sp³-hybridized carbons (Fsp3) is 0.857. The van der Waals surface area contributed by atoms with Gasteiger partial charge in [0.1, 0.15) is 11.2 Å². The van der Waals surface area contributed by atoms with Gasteiger partial charge in [-0.2, -0.15) is 0 Å². The van der Waals surface area contributed by atoms with Crippen LogP contribution in [0.3, 0.4) is 0 Å². The van der Waals surface area contributed by atoms with Gasteiger partial charge in [-0.3, -0.25) is 15.5 Å². The average Bonchev–Trinajstić information content (AvgIpc) is 2.18. The predicted octanol–water partition coefficient (Wildman–Crippen LogP) is 0.996. The minimum absolute atomic E-state index is 0.344. The summed E-state index contributed by atoms with van der Waals surface area (Å²) in [5, 5.41) is 14.5. The molecule has 0 aromatic rings. The van der Waals surface area contributed by atoms with Crippen LogP contribution in [0.4, 0.5) is 9.59 Å². The van der Waals surface area contributed by atoms with E-state index in [9.17, 15) is 14.7 Å². The molecule has 0 spiro atoms. The van der Waals surface area contributed by atoms with Crippen LogP contribution in [0.5, 0.6) is 0 Å². The quantitative estimate of drug-likeness (QED) is 0.671. The number of aliphatic hydroxyl groups is 1. The largest absolute Gasteiger partial charge is 0.444 e. The topological polar surface area (TPSA) is 100 Å². The molecule has 0 atom stereocenters. The third kappa shape index (κ3) is 6.95. The molecule has 0 radical (unpaired) electrons. The van der Waals surface area contributed by atoms with Crippen molar-refractivity contribution in [3.8, 4) is 0 Å². The fourth-order valence-corrected chi connectivity index (χ4v) is 1.76. The molecule has 8 nitrogen and oxygen atoms in total. The molecule has 8 heteroatoms. The van der Waals surface area contributed by atoms with Crippen molar-refractivity contribution in [2.45, 2.75) is 65.1 Å². The molecule has 1 saturated heterocycles. The van der Waals surface area contributed by atoms with E-state index < -0.39 is 35.8 Å². The summed E-state index contributed by atoms with van der Waals surface area (Å²) in [7, 11) is 0. The SMILES string of the molecule is CC(C)(C)OC(=O)NC(NC(=O)OC(C)(C)C)N1CC(O)C1. The number of amides is 2. The fourth-order valence-electron chi connectivity index (χ4n) is 1.76. The van der Waals surface area contributed by atoms with Crippen LogP contribution in [0, 0.1) is 0 Å². The molecule has 1 heterocycles. The highest BCUT2D eigenvalue weighted by molar-refractivity contribution is 5.71. The van der Waals surface area contributed by atoms with Crippen molar-refractivity contribution in [2.24, 2.45) is 0 Å². The Bertz CT molecular complexity index is 378. The average molecular weight is 317 g/mol. The van der Waals surface area contributed by atoms with Gasteiger partial charge >= 0.3 is 12.2 Å². The van der Waals surface area contributed by atoms with Crippen LogP contribution >= 0.6 is 0 Å². The Morgan fingerprint density at radius 2 is 1.36 bits per heavy atom. The summed E-state index contributed by atoms with van der Waals surface area (Å²) < 4.78 is 10.3. The number of carbonyl (C=O) groups is 2. The number of β-amino-alcohol motifs (C(OH)–C–C–N with tert-alkyl or cyclic N) is 1.